The fraction of sp³-hybridized carbons (Fsp3) is 0.485. The van der Waals surface area contributed by atoms with Crippen molar-refractivity contribution in [2.24, 2.45) is 5.92 Å². The maximum absolute atomic E-state index is 12.9. The van der Waals surface area contributed by atoms with Gasteiger partial charge in [-0.3, -0.25) is 4.98 Å². The second kappa shape index (κ2) is 12.7. The molecule has 11 nitrogen and oxygen atoms in total. The number of nitrogens with zero attached hydrogens (tertiary/aromatic N) is 4. The molecule has 1 aromatic carbocycles. The molecular formula is C33H37F3N8O3S. The number of aliphatic hydroxyl groups excluding tert-OH is 2. The van der Waals surface area contributed by atoms with Gasteiger partial charge in [-0.05, 0) is 75.6 Å². The molecule has 3 aliphatic carbocycles. The van der Waals surface area contributed by atoms with Crippen molar-refractivity contribution in [1.29, 1.82) is 0 Å². The fourth-order valence-electron chi connectivity index (χ4n) is 6.26. The van der Waals surface area contributed by atoms with Crippen LogP contribution in [0.25, 0.3) is 20.8 Å². The van der Waals surface area contributed by atoms with Gasteiger partial charge in [-0.1, -0.05) is 12.1 Å². The number of carbonyl (C=O) groups excluding carboxylic acids is 1. The number of hydrogen-bond donors (Lipinski definition) is 6. The van der Waals surface area contributed by atoms with Gasteiger partial charge in [-0.15, -0.1) is 11.3 Å². The molecule has 0 unspecified atom stereocenters. The van der Waals surface area contributed by atoms with Gasteiger partial charge >= 0.3 is 12.2 Å². The summed E-state index contributed by atoms with van der Waals surface area (Å²) in [6.45, 7) is 3.98. The Balaban J connectivity index is 1.09. The van der Waals surface area contributed by atoms with Crippen molar-refractivity contribution in [3.8, 4) is 10.6 Å². The second-order valence-corrected chi connectivity index (χ2v) is 14.1. The van der Waals surface area contributed by atoms with E-state index in [1.807, 2.05) is 19.2 Å². The largest absolute Gasteiger partial charge is 0.416 e. The van der Waals surface area contributed by atoms with E-state index in [0.29, 0.717) is 45.4 Å². The standard InChI is InChI=1S/C33H37F3N8O3S/c1-15(18-5-6-18)39-31-40-16(2)24(30-43-26-23(48-30)11-12-37-25(26)19-7-8-19)29(44-31)41-21-13-22(28(46)27(21)45)42-32(47)38-14-17-3-9-20(10-4-17)33(34,35)36/h3-4,9-12,15,18-19,21-22,27-28,45-46H,5-8,13-14H2,1-2H3,(H2,38,42,47)(H2,39,40,41,44)/t15-,21-,22+,27+,28-/m1/s1. The molecule has 254 valence electrons. The summed E-state index contributed by atoms with van der Waals surface area (Å²) in [6.07, 6.45) is -0.489. The zero-order valence-electron chi connectivity index (χ0n) is 26.4. The summed E-state index contributed by atoms with van der Waals surface area (Å²) in [7, 11) is 0. The lowest BCUT2D eigenvalue weighted by molar-refractivity contribution is -0.137. The molecule has 6 N–H and O–H groups in total. The molecule has 5 atom stereocenters. The van der Waals surface area contributed by atoms with Crippen LogP contribution >= 0.6 is 11.3 Å². The van der Waals surface area contributed by atoms with E-state index in [1.54, 1.807) is 0 Å². The number of anilines is 2. The van der Waals surface area contributed by atoms with E-state index >= 15 is 0 Å². The second-order valence-electron chi connectivity index (χ2n) is 13.1. The molecule has 0 radical (unpaired) electrons. The van der Waals surface area contributed by atoms with E-state index in [4.69, 9.17) is 15.0 Å². The number of pyridine rings is 1. The average molecular weight is 683 g/mol. The van der Waals surface area contributed by atoms with Gasteiger partial charge in [-0.25, -0.2) is 14.8 Å². The van der Waals surface area contributed by atoms with Crippen LogP contribution < -0.4 is 21.3 Å². The highest BCUT2D eigenvalue weighted by molar-refractivity contribution is 7.21. The van der Waals surface area contributed by atoms with Gasteiger partial charge in [0.25, 0.3) is 0 Å². The Kier molecular flexibility index (Phi) is 8.62. The van der Waals surface area contributed by atoms with Crippen LogP contribution in [-0.2, 0) is 12.7 Å². The number of carbonyl (C=O) groups is 1. The predicted molar refractivity (Wildman–Crippen MR) is 176 cm³/mol. The minimum atomic E-state index is -4.45. The molecule has 0 bridgehead atoms. The van der Waals surface area contributed by atoms with E-state index < -0.39 is 42.1 Å². The van der Waals surface area contributed by atoms with Crippen molar-refractivity contribution in [3.63, 3.8) is 0 Å². The maximum Gasteiger partial charge on any atom is 0.416 e. The van der Waals surface area contributed by atoms with E-state index in [2.05, 4.69) is 33.2 Å². The summed E-state index contributed by atoms with van der Waals surface area (Å²) >= 11 is 1.52. The van der Waals surface area contributed by atoms with Crippen LogP contribution in [0.4, 0.5) is 29.7 Å². The van der Waals surface area contributed by atoms with E-state index in [0.717, 1.165) is 53.7 Å². The molecule has 0 spiro atoms. The van der Waals surface area contributed by atoms with Crippen molar-refractivity contribution >= 4 is 39.4 Å². The fourth-order valence-corrected chi connectivity index (χ4v) is 7.33. The molecular weight excluding hydrogens is 645 g/mol. The Labute approximate surface area is 278 Å². The number of benzene rings is 1. The minimum absolute atomic E-state index is 0.0181. The third-order valence-electron chi connectivity index (χ3n) is 9.34. The molecule has 3 heterocycles. The first-order chi connectivity index (χ1) is 22.9. The zero-order chi connectivity index (χ0) is 33.7. The third kappa shape index (κ3) is 6.89. The molecule has 7 rings (SSSR count). The summed E-state index contributed by atoms with van der Waals surface area (Å²) in [4.78, 5) is 32.0. The molecule has 3 aliphatic rings. The monoisotopic (exact) mass is 682 g/mol. The van der Waals surface area contributed by atoms with E-state index in [1.165, 1.54) is 23.5 Å². The van der Waals surface area contributed by atoms with Gasteiger partial charge in [0.15, 0.2) is 0 Å². The van der Waals surface area contributed by atoms with Crippen molar-refractivity contribution < 1.29 is 28.2 Å². The number of rotatable bonds is 10. The number of aryl methyl sites for hydroxylation is 1. The molecule has 48 heavy (non-hydrogen) atoms. The predicted octanol–water partition coefficient (Wildman–Crippen LogP) is 5.34. The van der Waals surface area contributed by atoms with Crippen LogP contribution in [0.3, 0.4) is 0 Å². The van der Waals surface area contributed by atoms with Crippen LogP contribution in [0.2, 0.25) is 0 Å². The Morgan fingerprint density at radius 1 is 1.02 bits per heavy atom. The molecule has 3 saturated carbocycles. The number of aromatic nitrogens is 4. The smallest absolute Gasteiger partial charge is 0.388 e. The first kappa shape index (κ1) is 32.5. The van der Waals surface area contributed by atoms with Gasteiger partial charge < -0.3 is 31.5 Å². The number of hydrogen-bond acceptors (Lipinski definition) is 10. The number of aliphatic hydroxyl groups is 2. The van der Waals surface area contributed by atoms with Crippen LogP contribution in [0.15, 0.2) is 36.5 Å². The van der Waals surface area contributed by atoms with E-state index in [-0.39, 0.29) is 19.0 Å². The van der Waals surface area contributed by atoms with Crippen LogP contribution in [0.1, 0.15) is 67.5 Å². The highest BCUT2D eigenvalue weighted by atomic mass is 32.1. The number of fused-ring (bicyclic) bond motifs is 1. The zero-order valence-corrected chi connectivity index (χ0v) is 27.2. The summed E-state index contributed by atoms with van der Waals surface area (Å²) in [5, 5.41) is 34.8. The number of urea groups is 1. The highest BCUT2D eigenvalue weighted by Gasteiger charge is 2.43. The van der Waals surface area contributed by atoms with Crippen molar-refractivity contribution in [2.45, 2.75) is 94.9 Å². The lowest BCUT2D eigenvalue weighted by Crippen LogP contribution is -2.47. The summed E-state index contributed by atoms with van der Waals surface area (Å²) in [6, 6.07) is 4.52. The molecule has 0 saturated heterocycles. The Morgan fingerprint density at radius 2 is 1.75 bits per heavy atom. The van der Waals surface area contributed by atoms with Gasteiger partial charge in [0.05, 0.1) is 39.3 Å². The summed E-state index contributed by atoms with van der Waals surface area (Å²) in [5.41, 5.74) is 2.96. The minimum Gasteiger partial charge on any atom is -0.388 e. The lowest BCUT2D eigenvalue weighted by atomic mass is 10.1. The van der Waals surface area contributed by atoms with Crippen LogP contribution in [0, 0.1) is 12.8 Å². The molecule has 2 amide bonds. The van der Waals surface area contributed by atoms with E-state index in [9.17, 15) is 28.2 Å². The molecule has 0 aliphatic heterocycles. The Hall–Kier alpha value is -4.08. The first-order valence-electron chi connectivity index (χ1n) is 16.2. The lowest BCUT2D eigenvalue weighted by Gasteiger charge is -2.22. The quantitative estimate of drug-likeness (QED) is 0.130. The van der Waals surface area contributed by atoms with Crippen molar-refractivity contribution in [2.75, 3.05) is 10.6 Å². The molecule has 3 aromatic heterocycles. The van der Waals surface area contributed by atoms with Gasteiger partial charge in [0.2, 0.25) is 5.95 Å². The van der Waals surface area contributed by atoms with Gasteiger partial charge in [0.1, 0.15) is 28.6 Å². The maximum atomic E-state index is 12.9. The highest BCUT2D eigenvalue weighted by Crippen LogP contribution is 2.45. The number of thiazole rings is 1. The Morgan fingerprint density at radius 3 is 2.44 bits per heavy atom. The first-order valence-corrected chi connectivity index (χ1v) is 17.0. The van der Waals surface area contributed by atoms with Crippen molar-refractivity contribution in [3.05, 3.63) is 59.0 Å². The Bertz CT molecular complexity index is 1810. The van der Waals surface area contributed by atoms with Crippen LogP contribution in [0.5, 0.6) is 0 Å². The third-order valence-corrected chi connectivity index (χ3v) is 10.4. The summed E-state index contributed by atoms with van der Waals surface area (Å²) < 4.78 is 39.6. The van der Waals surface area contributed by atoms with Crippen molar-refractivity contribution in [1.82, 2.24) is 30.6 Å². The van der Waals surface area contributed by atoms with Gasteiger partial charge in [0, 0.05) is 24.7 Å². The number of amides is 2. The molecule has 15 heteroatoms. The number of alkyl halides is 3. The number of halogens is 3. The average Bonchev–Trinajstić information content (AvgIpc) is 3.98. The van der Waals surface area contributed by atoms with Gasteiger partial charge in [-0.2, -0.15) is 18.2 Å². The molecule has 4 aromatic rings. The SMILES string of the molecule is Cc1nc(N[C@H](C)C2CC2)nc(N[C@@H]2C[C@H](NC(=O)NCc3ccc(C(F)(F)F)cc3)[C@@H](O)[C@H]2O)c1-c1nc2c(C3CC3)nccc2s1. The normalized spacial score (nSPS) is 23.2. The topological polar surface area (TPSA) is 157 Å². The molecule has 3 fully saturated rings. The number of nitrogens with one attached hydrogen (secondary N) is 4. The van der Waals surface area contributed by atoms with Crippen LogP contribution in [-0.4, -0.2) is 66.5 Å². The summed E-state index contributed by atoms with van der Waals surface area (Å²) in [5.74, 6) is 1.88.